The molecule has 0 aliphatic heterocycles. The lowest BCUT2D eigenvalue weighted by atomic mass is 10.2. The molecule has 1 rings (SSSR count). The van der Waals surface area contributed by atoms with Crippen molar-refractivity contribution in [3.8, 4) is 0 Å². The highest BCUT2D eigenvalue weighted by Gasteiger charge is 1.99. The predicted molar refractivity (Wildman–Crippen MR) is 42.7 cm³/mol. The molecular weight excluding hydrogens is 202 g/mol. The number of nitrogens with zero attached hydrogens (tertiary/aromatic N) is 2. The van der Waals surface area contributed by atoms with Crippen molar-refractivity contribution in [2.45, 2.75) is 6.42 Å². The number of hydrogen-bond donors (Lipinski definition) is 0. The lowest BCUT2D eigenvalue weighted by Gasteiger charge is -1.85. The molecule has 72 valence electrons. The van der Waals surface area contributed by atoms with Gasteiger partial charge in [0, 0.05) is 6.08 Å². The molecule has 1 aliphatic rings. The van der Waals surface area contributed by atoms with Crippen molar-refractivity contribution in [2.75, 3.05) is 0 Å². The smallest absolute Gasteiger partial charge is 0.361 e. The normalized spacial score (nSPS) is 14.5. The summed E-state index contributed by atoms with van der Waals surface area (Å²) < 4.78 is 36.6. The van der Waals surface area contributed by atoms with Crippen LogP contribution in [0.25, 0.3) is 5.53 Å². The van der Waals surface area contributed by atoms with Crippen LogP contribution >= 0.6 is 0 Å². The molecule has 7 heteroatoms. The zero-order chi connectivity index (χ0) is 10.3. The maximum atomic E-state index is 9.99. The molecule has 0 bridgehead atoms. The minimum absolute atomic E-state index is 0.715. The summed E-state index contributed by atoms with van der Waals surface area (Å²) in [4.78, 5) is 3.03. The highest BCUT2D eigenvalue weighted by molar-refractivity contribution is 7.81. The molecule has 0 saturated carbocycles. The molecule has 0 saturated heterocycles. The highest BCUT2D eigenvalue weighted by Crippen LogP contribution is 1.94. The van der Waals surface area contributed by atoms with Crippen LogP contribution in [0.3, 0.4) is 0 Å². The topological polar surface area (TPSA) is 70.5 Å². The van der Waals surface area contributed by atoms with Gasteiger partial charge in [-0.25, -0.2) is 0 Å². The van der Waals surface area contributed by atoms with Crippen molar-refractivity contribution in [2.24, 2.45) is 0 Å². The summed E-state index contributed by atoms with van der Waals surface area (Å²) in [6.45, 7) is 0. The van der Waals surface area contributed by atoms with Gasteiger partial charge in [0.15, 0.2) is 0 Å². The molecule has 0 amide bonds. The SMILES string of the molecule is O=S(=O)(F)F.[N-]=[N+]=C1C=CC=CC1. The first-order chi connectivity index (χ1) is 5.93. The van der Waals surface area contributed by atoms with Crippen LogP contribution in [0.1, 0.15) is 6.42 Å². The first-order valence-corrected chi connectivity index (χ1v) is 4.40. The second kappa shape index (κ2) is 5.34. The Morgan fingerprint density at radius 1 is 1.38 bits per heavy atom. The average Bonchev–Trinajstić information content (AvgIpc) is 2.03. The van der Waals surface area contributed by atoms with E-state index in [-0.39, 0.29) is 0 Å². The van der Waals surface area contributed by atoms with E-state index in [1.165, 1.54) is 0 Å². The van der Waals surface area contributed by atoms with Crippen molar-refractivity contribution in [3.05, 3.63) is 29.8 Å². The van der Waals surface area contributed by atoms with Crippen molar-refractivity contribution < 1.29 is 21.0 Å². The van der Waals surface area contributed by atoms with Gasteiger partial charge in [-0.3, -0.25) is 0 Å². The lowest BCUT2D eigenvalue weighted by molar-refractivity contribution is -0.00537. The van der Waals surface area contributed by atoms with Crippen LogP contribution in [-0.4, -0.2) is 18.9 Å². The largest absolute Gasteiger partial charge is 0.476 e. The third kappa shape index (κ3) is 10.7. The molecule has 0 fully saturated rings. The molecule has 0 radical (unpaired) electrons. The fourth-order valence-electron chi connectivity index (χ4n) is 0.576. The van der Waals surface area contributed by atoms with E-state index in [0.717, 1.165) is 6.42 Å². The number of allylic oxidation sites excluding steroid dienone is 4. The number of hydrogen-bond acceptors (Lipinski definition) is 2. The van der Waals surface area contributed by atoms with Crippen LogP contribution in [-0.2, 0) is 10.6 Å². The van der Waals surface area contributed by atoms with E-state index in [1.54, 1.807) is 6.08 Å². The maximum absolute atomic E-state index is 9.99. The highest BCUT2D eigenvalue weighted by atomic mass is 32.3. The lowest BCUT2D eigenvalue weighted by Crippen LogP contribution is -1.93. The molecule has 1 aliphatic carbocycles. The molecule has 0 heterocycles. The van der Waals surface area contributed by atoms with Gasteiger partial charge in [-0.1, -0.05) is 26.0 Å². The van der Waals surface area contributed by atoms with Gasteiger partial charge in [0.2, 0.25) is 0 Å². The molecular formula is C6H6F2N2O2S. The van der Waals surface area contributed by atoms with Crippen molar-refractivity contribution in [1.29, 1.82) is 0 Å². The molecule has 0 aromatic carbocycles. The minimum Gasteiger partial charge on any atom is -0.361 e. The van der Waals surface area contributed by atoms with Crippen LogP contribution in [0.5, 0.6) is 0 Å². The third-order valence-corrected chi connectivity index (χ3v) is 0.991. The van der Waals surface area contributed by atoms with Gasteiger partial charge in [-0.2, -0.15) is 13.2 Å². The summed E-state index contributed by atoms with van der Waals surface area (Å²) in [7, 11) is -5.67. The molecule has 13 heavy (non-hydrogen) atoms. The summed E-state index contributed by atoms with van der Waals surface area (Å²) >= 11 is 0. The Labute approximate surface area is 74.3 Å². The van der Waals surface area contributed by atoms with Gasteiger partial charge in [0.1, 0.15) is 0 Å². The van der Waals surface area contributed by atoms with Crippen LogP contribution in [0.2, 0.25) is 0 Å². The van der Waals surface area contributed by atoms with Crippen molar-refractivity contribution >= 4 is 16.3 Å². The zero-order valence-corrected chi connectivity index (χ0v) is 7.21. The molecule has 0 aromatic heterocycles. The Balaban J connectivity index is 0.000000252. The maximum Gasteiger partial charge on any atom is 0.476 e. The van der Waals surface area contributed by atoms with E-state index in [9.17, 15) is 7.77 Å². The summed E-state index contributed by atoms with van der Waals surface area (Å²) in [6, 6.07) is 0. The summed E-state index contributed by atoms with van der Waals surface area (Å²) in [5.41, 5.74) is 8.91. The molecule has 4 nitrogen and oxygen atoms in total. The molecule has 0 N–H and O–H groups in total. The second-order valence-electron chi connectivity index (χ2n) is 1.96. The van der Waals surface area contributed by atoms with E-state index in [2.05, 4.69) is 4.79 Å². The van der Waals surface area contributed by atoms with E-state index < -0.39 is 10.6 Å². The second-order valence-corrected chi connectivity index (χ2v) is 2.72. The Morgan fingerprint density at radius 2 is 1.92 bits per heavy atom. The van der Waals surface area contributed by atoms with Gasteiger partial charge in [-0.05, 0) is 0 Å². The van der Waals surface area contributed by atoms with E-state index in [4.69, 9.17) is 13.9 Å². The molecule has 0 atom stereocenters. The summed E-state index contributed by atoms with van der Waals surface area (Å²) in [6.07, 6.45) is 8.23. The quantitative estimate of drug-likeness (QED) is 0.342. The molecule has 0 unspecified atom stereocenters. The minimum atomic E-state index is -5.67. The van der Waals surface area contributed by atoms with Crippen molar-refractivity contribution in [1.82, 2.24) is 0 Å². The van der Waals surface area contributed by atoms with E-state index in [0.29, 0.717) is 5.71 Å². The van der Waals surface area contributed by atoms with Gasteiger partial charge >= 0.3 is 10.6 Å². The molecule has 0 spiro atoms. The number of halogens is 2. The molecule has 0 aromatic rings. The monoisotopic (exact) mass is 208 g/mol. The fourth-order valence-corrected chi connectivity index (χ4v) is 0.576. The predicted octanol–water partition coefficient (Wildman–Crippen LogP) is 1.34. The Hall–Kier alpha value is -1.33. The van der Waals surface area contributed by atoms with Crippen molar-refractivity contribution in [3.63, 3.8) is 0 Å². The fraction of sp³-hybridized carbons (Fsp3) is 0.167. The third-order valence-electron chi connectivity index (χ3n) is 0.991. The Morgan fingerprint density at radius 3 is 2.15 bits per heavy atom. The van der Waals surface area contributed by atoms with Crippen LogP contribution in [0.4, 0.5) is 7.77 Å². The summed E-state index contributed by atoms with van der Waals surface area (Å²) in [5.74, 6) is 0. The Bertz CT molecular complexity index is 358. The summed E-state index contributed by atoms with van der Waals surface area (Å²) in [5, 5.41) is 0. The van der Waals surface area contributed by atoms with Gasteiger partial charge < -0.3 is 5.53 Å². The first-order valence-electron chi connectivity index (χ1n) is 3.12. The standard InChI is InChI=1S/C6H6N2.F2O2S/c7-8-6-4-2-1-3-5-6;1-5(2,3)4/h1-4H,5H2;. The van der Waals surface area contributed by atoms with E-state index >= 15 is 0 Å². The van der Waals surface area contributed by atoms with Gasteiger partial charge in [0.25, 0.3) is 5.71 Å². The number of rotatable bonds is 0. The zero-order valence-electron chi connectivity index (χ0n) is 6.39. The van der Waals surface area contributed by atoms with Gasteiger partial charge in [0.05, 0.1) is 6.42 Å². The van der Waals surface area contributed by atoms with Crippen LogP contribution in [0, 0.1) is 0 Å². The van der Waals surface area contributed by atoms with E-state index in [1.807, 2.05) is 18.2 Å². The first kappa shape index (κ1) is 11.7. The Kier molecular flexibility index (Phi) is 4.79. The van der Waals surface area contributed by atoms with Gasteiger partial charge in [-0.15, -0.1) is 0 Å². The average molecular weight is 208 g/mol. The van der Waals surface area contributed by atoms with Crippen LogP contribution < -0.4 is 0 Å². The van der Waals surface area contributed by atoms with Crippen LogP contribution in [0.15, 0.2) is 24.3 Å².